The second kappa shape index (κ2) is 6.23. The first-order chi connectivity index (χ1) is 10.0. The van der Waals surface area contributed by atoms with Crippen molar-refractivity contribution in [3.63, 3.8) is 0 Å². The average Bonchev–Trinajstić information content (AvgIpc) is 2.47. The molecular weight excluding hydrogens is 274 g/mol. The van der Waals surface area contributed by atoms with E-state index in [1.807, 2.05) is 0 Å². The minimum absolute atomic E-state index is 0.0625. The van der Waals surface area contributed by atoms with Crippen molar-refractivity contribution in [2.75, 3.05) is 7.11 Å². The predicted molar refractivity (Wildman–Crippen MR) is 76.8 cm³/mol. The van der Waals surface area contributed by atoms with Crippen LogP contribution in [0.25, 0.3) is 0 Å². The van der Waals surface area contributed by atoms with Crippen LogP contribution >= 0.6 is 0 Å². The molecule has 0 aliphatic heterocycles. The molecular formula is C15H15NO5. The van der Waals surface area contributed by atoms with Gasteiger partial charge in [0.1, 0.15) is 11.5 Å². The molecule has 0 fully saturated rings. The van der Waals surface area contributed by atoms with Crippen molar-refractivity contribution < 1.29 is 19.5 Å². The number of rotatable bonds is 5. The Labute approximate surface area is 121 Å². The molecule has 2 rings (SSSR count). The fourth-order valence-corrected chi connectivity index (χ4v) is 1.89. The quantitative estimate of drug-likeness (QED) is 0.673. The van der Waals surface area contributed by atoms with Crippen molar-refractivity contribution in [1.82, 2.24) is 0 Å². The molecule has 0 spiro atoms. The van der Waals surface area contributed by atoms with Gasteiger partial charge in [-0.15, -0.1) is 0 Å². The molecule has 0 radical (unpaired) electrons. The Hall–Kier alpha value is -2.60. The molecule has 0 aromatic heterocycles. The van der Waals surface area contributed by atoms with E-state index in [9.17, 15) is 15.2 Å². The van der Waals surface area contributed by atoms with Gasteiger partial charge >= 0.3 is 5.69 Å². The number of nitro benzene ring substituents is 1. The highest BCUT2D eigenvalue weighted by Crippen LogP contribution is 2.37. The standard InChI is InChI=1S/C15H15NO5/c1-10(17)12-5-3-4-6-14(12)21-15-9-11(20-2)7-8-13(15)16(18)19/h3-10,17H,1-2H3. The van der Waals surface area contributed by atoms with Crippen LogP contribution < -0.4 is 9.47 Å². The van der Waals surface area contributed by atoms with Gasteiger partial charge in [-0.1, -0.05) is 18.2 Å². The monoisotopic (exact) mass is 289 g/mol. The lowest BCUT2D eigenvalue weighted by Gasteiger charge is -2.13. The molecule has 1 atom stereocenters. The number of aliphatic hydroxyl groups is 1. The number of hydrogen-bond acceptors (Lipinski definition) is 5. The summed E-state index contributed by atoms with van der Waals surface area (Å²) in [5.74, 6) is 0.876. The molecule has 21 heavy (non-hydrogen) atoms. The minimum Gasteiger partial charge on any atom is -0.497 e. The molecule has 1 unspecified atom stereocenters. The van der Waals surface area contributed by atoms with Gasteiger partial charge in [0.25, 0.3) is 0 Å². The minimum atomic E-state index is -0.745. The summed E-state index contributed by atoms with van der Waals surface area (Å²) in [6.07, 6.45) is -0.745. The Balaban J connectivity index is 2.45. The first-order valence-corrected chi connectivity index (χ1v) is 6.30. The number of ether oxygens (including phenoxy) is 2. The van der Waals surface area contributed by atoms with Gasteiger partial charge in [-0.3, -0.25) is 10.1 Å². The highest BCUT2D eigenvalue weighted by Gasteiger charge is 2.18. The third-order valence-electron chi connectivity index (χ3n) is 2.95. The number of para-hydroxylation sites is 1. The zero-order chi connectivity index (χ0) is 15.4. The van der Waals surface area contributed by atoms with Gasteiger partial charge in [-0.05, 0) is 19.1 Å². The summed E-state index contributed by atoms with van der Waals surface area (Å²) >= 11 is 0. The van der Waals surface area contributed by atoms with Gasteiger partial charge in [0, 0.05) is 17.7 Å². The summed E-state index contributed by atoms with van der Waals surface area (Å²) in [5.41, 5.74) is 0.380. The highest BCUT2D eigenvalue weighted by atomic mass is 16.6. The summed E-state index contributed by atoms with van der Waals surface area (Å²) in [6.45, 7) is 1.60. The average molecular weight is 289 g/mol. The Bertz CT molecular complexity index is 654. The lowest BCUT2D eigenvalue weighted by molar-refractivity contribution is -0.385. The Morgan fingerprint density at radius 3 is 2.52 bits per heavy atom. The SMILES string of the molecule is COc1ccc([N+](=O)[O-])c(Oc2ccccc2C(C)O)c1. The molecule has 0 amide bonds. The van der Waals surface area contributed by atoms with Crippen LogP contribution in [0.4, 0.5) is 5.69 Å². The van der Waals surface area contributed by atoms with Crippen molar-refractivity contribution in [3.8, 4) is 17.2 Å². The van der Waals surface area contributed by atoms with E-state index in [2.05, 4.69) is 0 Å². The molecule has 2 aromatic carbocycles. The van der Waals surface area contributed by atoms with Crippen LogP contribution in [0.15, 0.2) is 42.5 Å². The summed E-state index contributed by atoms with van der Waals surface area (Å²) < 4.78 is 10.7. The van der Waals surface area contributed by atoms with Crippen molar-refractivity contribution in [3.05, 3.63) is 58.1 Å². The molecule has 6 heteroatoms. The number of methoxy groups -OCH3 is 1. The van der Waals surface area contributed by atoms with E-state index < -0.39 is 11.0 Å². The molecule has 0 saturated carbocycles. The van der Waals surface area contributed by atoms with Gasteiger partial charge in [-0.2, -0.15) is 0 Å². The molecule has 0 bridgehead atoms. The Morgan fingerprint density at radius 1 is 1.19 bits per heavy atom. The summed E-state index contributed by atoms with van der Waals surface area (Å²) in [7, 11) is 1.47. The van der Waals surface area contributed by atoms with Crippen LogP contribution in [0, 0.1) is 10.1 Å². The zero-order valence-corrected chi connectivity index (χ0v) is 11.6. The second-order valence-corrected chi connectivity index (χ2v) is 4.41. The summed E-state index contributed by atoms with van der Waals surface area (Å²) in [5, 5.41) is 20.8. The fourth-order valence-electron chi connectivity index (χ4n) is 1.89. The molecule has 2 aromatic rings. The molecule has 110 valence electrons. The maximum absolute atomic E-state index is 11.1. The molecule has 1 N–H and O–H groups in total. The van der Waals surface area contributed by atoms with Crippen molar-refractivity contribution in [2.45, 2.75) is 13.0 Å². The third kappa shape index (κ3) is 3.29. The van der Waals surface area contributed by atoms with Gasteiger partial charge < -0.3 is 14.6 Å². The van der Waals surface area contributed by atoms with Crippen LogP contribution in [-0.2, 0) is 0 Å². The van der Waals surface area contributed by atoms with Crippen LogP contribution in [0.3, 0.4) is 0 Å². The van der Waals surface area contributed by atoms with E-state index in [0.717, 1.165) is 0 Å². The Morgan fingerprint density at radius 2 is 1.90 bits per heavy atom. The third-order valence-corrected chi connectivity index (χ3v) is 2.95. The fraction of sp³-hybridized carbons (Fsp3) is 0.200. The van der Waals surface area contributed by atoms with Crippen LogP contribution in [0.1, 0.15) is 18.6 Å². The smallest absolute Gasteiger partial charge is 0.311 e. The van der Waals surface area contributed by atoms with E-state index in [0.29, 0.717) is 17.1 Å². The van der Waals surface area contributed by atoms with E-state index in [4.69, 9.17) is 9.47 Å². The van der Waals surface area contributed by atoms with Gasteiger partial charge in [-0.25, -0.2) is 0 Å². The maximum Gasteiger partial charge on any atom is 0.311 e. The topological polar surface area (TPSA) is 81.8 Å². The number of nitrogens with zero attached hydrogens (tertiary/aromatic N) is 1. The highest BCUT2D eigenvalue weighted by molar-refractivity contribution is 5.53. The number of nitro groups is 1. The molecule has 6 nitrogen and oxygen atoms in total. The van der Waals surface area contributed by atoms with Crippen molar-refractivity contribution in [1.29, 1.82) is 0 Å². The number of benzene rings is 2. The predicted octanol–water partition coefficient (Wildman–Crippen LogP) is 3.45. The molecule has 0 aliphatic rings. The molecule has 0 aliphatic carbocycles. The second-order valence-electron chi connectivity index (χ2n) is 4.41. The molecule has 0 saturated heterocycles. The Kier molecular flexibility index (Phi) is 4.39. The van der Waals surface area contributed by atoms with Crippen LogP contribution in [0.2, 0.25) is 0 Å². The first kappa shape index (κ1) is 14.8. The number of aliphatic hydroxyl groups excluding tert-OH is 1. The zero-order valence-electron chi connectivity index (χ0n) is 11.6. The van der Waals surface area contributed by atoms with Gasteiger partial charge in [0.15, 0.2) is 0 Å². The van der Waals surface area contributed by atoms with Crippen molar-refractivity contribution in [2.24, 2.45) is 0 Å². The van der Waals surface area contributed by atoms with E-state index >= 15 is 0 Å². The van der Waals surface area contributed by atoms with Crippen molar-refractivity contribution >= 4 is 5.69 Å². The van der Waals surface area contributed by atoms with E-state index in [-0.39, 0.29) is 11.4 Å². The van der Waals surface area contributed by atoms with E-state index in [1.165, 1.54) is 25.3 Å². The lowest BCUT2D eigenvalue weighted by atomic mass is 10.1. The summed E-state index contributed by atoms with van der Waals surface area (Å²) in [6, 6.07) is 11.1. The van der Waals surface area contributed by atoms with Crippen LogP contribution in [0.5, 0.6) is 17.2 Å². The molecule has 0 heterocycles. The number of hydrogen-bond donors (Lipinski definition) is 1. The largest absolute Gasteiger partial charge is 0.497 e. The first-order valence-electron chi connectivity index (χ1n) is 6.30. The summed E-state index contributed by atoms with van der Waals surface area (Å²) in [4.78, 5) is 10.5. The van der Waals surface area contributed by atoms with Gasteiger partial charge in [0.05, 0.1) is 18.1 Å². The van der Waals surface area contributed by atoms with Gasteiger partial charge in [0.2, 0.25) is 5.75 Å². The van der Waals surface area contributed by atoms with E-state index in [1.54, 1.807) is 31.2 Å². The van der Waals surface area contributed by atoms with Crippen LogP contribution in [-0.4, -0.2) is 17.1 Å². The maximum atomic E-state index is 11.1. The normalized spacial score (nSPS) is 11.8. The lowest BCUT2D eigenvalue weighted by Crippen LogP contribution is -1.98.